The van der Waals surface area contributed by atoms with Gasteiger partial charge in [0, 0.05) is 25.7 Å². The van der Waals surface area contributed by atoms with Gasteiger partial charge in [-0.3, -0.25) is 9.59 Å². The number of methoxy groups -OCH3 is 2. The number of nitrogens with two attached hydrogens (primary N) is 1. The second kappa shape index (κ2) is 50.7. The molecule has 0 radical (unpaired) electrons. The summed E-state index contributed by atoms with van der Waals surface area (Å²) in [5, 5.41) is 361. The van der Waals surface area contributed by atoms with Crippen molar-refractivity contribution in [3.05, 3.63) is 29.8 Å². The third-order valence-corrected chi connectivity index (χ3v) is 27.8. The first-order chi connectivity index (χ1) is 68.5. The lowest BCUT2D eigenvalue weighted by molar-refractivity contribution is -0.401. The lowest BCUT2D eigenvalue weighted by Gasteiger charge is -2.50. The van der Waals surface area contributed by atoms with Gasteiger partial charge in [0.2, 0.25) is 18.1 Å². The Hall–Kier alpha value is -4.28. The average Bonchev–Trinajstić information content (AvgIpc) is 1.07. The molecule has 13 rings (SSSR count). The van der Waals surface area contributed by atoms with Gasteiger partial charge in [-0.25, -0.2) is 0 Å². The van der Waals surface area contributed by atoms with Crippen LogP contribution in [0.2, 0.25) is 0 Å². The van der Waals surface area contributed by atoms with Gasteiger partial charge < -0.3 is 293 Å². The van der Waals surface area contributed by atoms with Crippen molar-refractivity contribution in [3.8, 4) is 5.75 Å². The molecule has 830 valence electrons. The van der Waals surface area contributed by atoms with Crippen LogP contribution in [0.3, 0.4) is 0 Å². The van der Waals surface area contributed by atoms with Gasteiger partial charge in [-0.1, -0.05) is 26.0 Å². The molecular formula is C83H135N3O58. The summed E-state index contributed by atoms with van der Waals surface area (Å²) in [6.07, 6.45) is -109. The van der Waals surface area contributed by atoms with Crippen molar-refractivity contribution < 1.29 is 287 Å². The van der Waals surface area contributed by atoms with Crippen LogP contribution < -0.4 is 21.1 Å². The lowest BCUT2D eigenvalue weighted by atomic mass is 9.78. The van der Waals surface area contributed by atoms with Crippen LogP contribution in [-0.4, -0.2) is 619 Å². The van der Waals surface area contributed by atoms with E-state index >= 15 is 0 Å². The molecule has 0 saturated carbocycles. The van der Waals surface area contributed by atoms with Crippen LogP contribution in [0.1, 0.15) is 19.4 Å². The van der Waals surface area contributed by atoms with Crippen molar-refractivity contribution in [3.63, 3.8) is 0 Å². The van der Waals surface area contributed by atoms with E-state index in [1.54, 1.807) is 12.1 Å². The summed E-state index contributed by atoms with van der Waals surface area (Å²) >= 11 is 0. The number of aliphatic hydroxyl groups is 32. The topological polar surface area (TPSA) is 953 Å². The van der Waals surface area contributed by atoms with E-state index in [2.05, 4.69) is 10.6 Å². The highest BCUT2D eigenvalue weighted by Crippen LogP contribution is 2.44. The molecule has 0 aliphatic carbocycles. The number of hydrogen-bond acceptors (Lipinski definition) is 59. The Bertz CT molecular complexity index is 4060. The smallest absolute Gasteiger partial charge is 0.243 e. The van der Waals surface area contributed by atoms with Gasteiger partial charge in [-0.2, -0.15) is 0 Å². The van der Waals surface area contributed by atoms with Crippen molar-refractivity contribution in [1.82, 2.24) is 10.6 Å². The zero-order chi connectivity index (χ0) is 105. The maximum absolute atomic E-state index is 12.8. The molecule has 12 saturated heterocycles. The summed E-state index contributed by atoms with van der Waals surface area (Å²) in [6.45, 7) is -8.27. The fourth-order valence-corrected chi connectivity index (χ4v) is 19.4. The number of amides is 2. The third kappa shape index (κ3) is 24.3. The Morgan fingerprint density at radius 1 is 0.292 bits per heavy atom. The molecule has 61 nitrogen and oxygen atoms in total. The summed E-state index contributed by atoms with van der Waals surface area (Å²) in [4.78, 5) is 24.9. The molecule has 57 atom stereocenters. The summed E-state index contributed by atoms with van der Waals surface area (Å²) in [5.74, 6) is -0.758. The summed E-state index contributed by atoms with van der Waals surface area (Å²) in [6, 6.07) is 5.11. The Labute approximate surface area is 816 Å². The maximum atomic E-state index is 12.8. The van der Waals surface area contributed by atoms with Crippen molar-refractivity contribution in [2.75, 3.05) is 93.4 Å². The van der Waals surface area contributed by atoms with E-state index in [1.807, 2.05) is 13.8 Å². The molecule has 57 unspecified atom stereocenters. The van der Waals surface area contributed by atoms with Crippen LogP contribution in [0.4, 0.5) is 0 Å². The van der Waals surface area contributed by atoms with Gasteiger partial charge in [0.1, 0.15) is 280 Å². The number of benzene rings is 1. The molecular weight excluding hydrogens is 1970 g/mol. The van der Waals surface area contributed by atoms with Gasteiger partial charge in [-0.05, 0) is 24.1 Å². The first-order valence-corrected chi connectivity index (χ1v) is 46.4. The Balaban J connectivity index is 0.562. The number of aliphatic hydroxyl groups excluding tert-OH is 32. The number of ether oxygens (including phenoxy) is 24. The summed E-state index contributed by atoms with van der Waals surface area (Å²) < 4.78 is 138. The van der Waals surface area contributed by atoms with Crippen molar-refractivity contribution >= 4 is 11.8 Å². The monoisotopic (exact) mass is 2100 g/mol. The first kappa shape index (κ1) is 117. The van der Waals surface area contributed by atoms with E-state index in [4.69, 9.17) is 119 Å². The number of hydrogen-bond donors (Lipinski definition) is 35. The molecule has 12 fully saturated rings. The predicted octanol–water partition coefficient (Wildman–Crippen LogP) is -23.1. The van der Waals surface area contributed by atoms with E-state index in [0.717, 1.165) is 19.8 Å². The highest BCUT2D eigenvalue weighted by atomic mass is 16.8. The zero-order valence-electron chi connectivity index (χ0n) is 77.4. The van der Waals surface area contributed by atoms with Crippen molar-refractivity contribution in [2.24, 2.45) is 11.1 Å². The number of carbonyl (C=O) groups is 2. The SMILES string of the molecule is COC1C(CO)OC(OC2C(CO)OC(OC3C(CO)OC(OC4C(CO)OC(OC5C(CO)OC(OC6C(CO)OC(OC7C(CO)OC(OC8C(CO)OC(OC9C(CO)OC(OC%10C(CO)OC(OC%11C(CO)OC(Oc%12ccc(CC%13NC(=O)C(NC(=O)CN)C%13(C)C)cc%12)C(O)C%11O)C(OC)C%10O)C(O)C9O)C(O)C8O)C(O)C7O)C(O)C6O)C(O)C5O)C(O)C4O)C(O)C3O)C(O)C2O)C(O)C1O. The normalized spacial score (nSPS) is 49.2. The third-order valence-electron chi connectivity index (χ3n) is 27.8. The predicted molar refractivity (Wildman–Crippen MR) is 447 cm³/mol. The molecule has 12 aliphatic heterocycles. The van der Waals surface area contributed by atoms with Crippen molar-refractivity contribution in [1.29, 1.82) is 0 Å². The number of carbonyl (C=O) groups excluding carboxylic acids is 2. The zero-order valence-corrected chi connectivity index (χ0v) is 77.4. The van der Waals surface area contributed by atoms with Crippen LogP contribution in [0.15, 0.2) is 24.3 Å². The van der Waals surface area contributed by atoms with Gasteiger partial charge in [0.05, 0.1) is 79.2 Å². The molecule has 12 aliphatic rings. The fourth-order valence-electron chi connectivity index (χ4n) is 19.4. The van der Waals surface area contributed by atoms with Crippen molar-refractivity contribution in [2.45, 2.75) is 370 Å². The van der Waals surface area contributed by atoms with Crippen LogP contribution >= 0.6 is 0 Å². The quantitative estimate of drug-likeness (QED) is 0.0291. The molecule has 36 N–H and O–H groups in total. The fraction of sp³-hybridized carbons (Fsp3) is 0.904. The molecule has 12 heterocycles. The molecule has 61 heteroatoms. The Kier molecular flexibility index (Phi) is 41.2. The van der Waals surface area contributed by atoms with E-state index in [1.165, 1.54) is 12.1 Å². The highest BCUT2D eigenvalue weighted by Gasteiger charge is 2.64. The van der Waals surface area contributed by atoms with E-state index < -0.39 is 434 Å². The Morgan fingerprint density at radius 3 is 0.708 bits per heavy atom. The van der Waals surface area contributed by atoms with Crippen LogP contribution in [0, 0.1) is 5.41 Å². The first-order valence-electron chi connectivity index (χ1n) is 46.4. The average molecular weight is 2100 g/mol. The lowest BCUT2D eigenvalue weighted by Crippen LogP contribution is -2.69. The van der Waals surface area contributed by atoms with Gasteiger partial charge in [0.15, 0.2) is 62.9 Å². The molecule has 0 bridgehead atoms. The van der Waals surface area contributed by atoms with Crippen LogP contribution in [0.25, 0.3) is 0 Å². The minimum Gasteiger partial charge on any atom is -0.462 e. The van der Waals surface area contributed by atoms with Gasteiger partial charge >= 0.3 is 0 Å². The van der Waals surface area contributed by atoms with E-state index in [0.29, 0.717) is 6.42 Å². The minimum atomic E-state index is -2.35. The molecule has 2 amide bonds. The highest BCUT2D eigenvalue weighted by molar-refractivity contribution is 5.91. The molecule has 0 spiro atoms. The molecule has 1 aromatic carbocycles. The van der Waals surface area contributed by atoms with Crippen LogP contribution in [0.5, 0.6) is 5.75 Å². The van der Waals surface area contributed by atoms with Gasteiger partial charge in [-0.15, -0.1) is 0 Å². The molecule has 144 heavy (non-hydrogen) atoms. The van der Waals surface area contributed by atoms with Crippen LogP contribution in [-0.2, 0) is 125 Å². The number of rotatable bonds is 39. The van der Waals surface area contributed by atoms with E-state index in [9.17, 15) is 173 Å². The maximum Gasteiger partial charge on any atom is 0.243 e. The standard InChI is InChI=1S/C83H135N3O58/c1-83(2)35(85-71(120)70(83)86-36(98)10-84)9-22-5-7-23(8-6-22)123-72-48(110)38(100)67(33(20-96)125-72)144-82-69(122-4)57(119)68(34(21-97)134-82)143-81-56(118)46(108)66(32(19-95)133-81)142-80-55(117)45(107)65(31(18-94)132-80)141-79-54(116)44(106)64(30(17-93)131-79)140-78-53(115)43(105)63(29(16-92)130-78)139-77-52(114)42(104)62(28(15-91)129-77)138-76-51(113)41(103)61(27(14-90)128-76)137-75-50(112)40(102)60(26(13-89)127-75)136-74-49(111)39(101)59(25(12-88)126-74)135-73-47(109)37(99)58(121-3)24(11-87)124-73/h5-8,24-35,37-70,72-82,87-97,99-119H,9-21,84H2,1-4H3,(H,85,120)(H,86,98). The summed E-state index contributed by atoms with van der Waals surface area (Å²) in [5.41, 5.74) is 5.45. The Morgan fingerprint density at radius 2 is 0.486 bits per heavy atom. The van der Waals surface area contributed by atoms with E-state index in [-0.39, 0.29) is 18.2 Å². The largest absolute Gasteiger partial charge is 0.462 e. The molecule has 0 aromatic heterocycles. The second-order valence-corrected chi connectivity index (χ2v) is 37.2. The minimum absolute atomic E-state index is 0.130. The van der Waals surface area contributed by atoms with Gasteiger partial charge in [0.25, 0.3) is 0 Å². The second-order valence-electron chi connectivity index (χ2n) is 37.2. The summed E-state index contributed by atoms with van der Waals surface area (Å²) in [7, 11) is 2.24. The molecule has 1 aromatic rings. The number of nitrogens with one attached hydrogen (secondary N) is 2.